The summed E-state index contributed by atoms with van der Waals surface area (Å²) in [5.41, 5.74) is 0. The molecule has 1 heterocycles. The minimum Gasteiger partial charge on any atom is -0.475 e. The Morgan fingerprint density at radius 1 is 1.61 bits per heavy atom. The highest BCUT2D eigenvalue weighted by Gasteiger charge is 2.36. The van der Waals surface area contributed by atoms with E-state index in [4.69, 9.17) is 9.52 Å². The molecule has 5 heteroatoms. The van der Waals surface area contributed by atoms with Crippen LogP contribution in [0, 0.1) is 0 Å². The molecule has 0 radical (unpaired) electrons. The van der Waals surface area contributed by atoms with Crippen molar-refractivity contribution in [2.45, 2.75) is 37.0 Å². The molecule has 100 valence electrons. The Morgan fingerprint density at radius 2 is 2.33 bits per heavy atom. The second-order valence-corrected chi connectivity index (χ2v) is 6.12. The number of thioether (sulfide) groups is 1. The summed E-state index contributed by atoms with van der Waals surface area (Å²) < 4.78 is 5.66. The SMILES string of the molecule is CSC1(CNC(C)c2ccc(C(=O)O)o2)CCC1. The van der Waals surface area contributed by atoms with E-state index < -0.39 is 5.97 Å². The summed E-state index contributed by atoms with van der Waals surface area (Å²) >= 11 is 1.92. The Hall–Kier alpha value is -0.940. The van der Waals surface area contributed by atoms with Gasteiger partial charge in [-0.3, -0.25) is 0 Å². The maximum absolute atomic E-state index is 10.7. The standard InChI is InChI=1S/C13H19NO3S/c1-9(10-4-5-11(17-10)12(15)16)14-8-13(18-2)6-3-7-13/h4-5,9,14H,3,6-8H2,1-2H3,(H,15,16). The van der Waals surface area contributed by atoms with Crippen molar-refractivity contribution in [2.75, 3.05) is 12.8 Å². The fourth-order valence-electron chi connectivity index (χ4n) is 2.16. The van der Waals surface area contributed by atoms with E-state index in [1.165, 1.54) is 25.3 Å². The van der Waals surface area contributed by atoms with Crippen LogP contribution < -0.4 is 5.32 Å². The second-order valence-electron chi connectivity index (χ2n) is 4.85. The van der Waals surface area contributed by atoms with E-state index in [9.17, 15) is 4.79 Å². The maximum Gasteiger partial charge on any atom is 0.371 e. The van der Waals surface area contributed by atoms with E-state index in [1.54, 1.807) is 6.07 Å². The molecule has 2 N–H and O–H groups in total. The molecule has 18 heavy (non-hydrogen) atoms. The highest BCUT2D eigenvalue weighted by atomic mass is 32.2. The lowest BCUT2D eigenvalue weighted by Gasteiger charge is -2.41. The van der Waals surface area contributed by atoms with Crippen LogP contribution in [0.4, 0.5) is 0 Å². The lowest BCUT2D eigenvalue weighted by molar-refractivity contribution is 0.0659. The molecular formula is C13H19NO3S. The average molecular weight is 269 g/mol. The Morgan fingerprint density at radius 3 is 2.78 bits per heavy atom. The fourth-order valence-corrected chi connectivity index (χ4v) is 3.09. The summed E-state index contributed by atoms with van der Waals surface area (Å²) in [7, 11) is 0. The lowest BCUT2D eigenvalue weighted by Crippen LogP contribution is -2.43. The van der Waals surface area contributed by atoms with Crippen molar-refractivity contribution in [3.8, 4) is 0 Å². The Labute approximate surface area is 111 Å². The molecule has 1 atom stereocenters. The molecule has 1 fully saturated rings. The first-order chi connectivity index (χ1) is 8.56. The Balaban J connectivity index is 1.90. The summed E-state index contributed by atoms with van der Waals surface area (Å²) in [5, 5.41) is 12.2. The highest BCUT2D eigenvalue weighted by molar-refractivity contribution is 8.00. The van der Waals surface area contributed by atoms with Crippen LogP contribution in [-0.4, -0.2) is 28.6 Å². The number of carboxylic acid groups (broad SMARTS) is 1. The first-order valence-corrected chi connectivity index (χ1v) is 7.40. The molecule has 0 bridgehead atoms. The predicted octanol–water partition coefficient (Wildman–Crippen LogP) is 2.91. The molecule has 1 aliphatic carbocycles. The molecule has 0 spiro atoms. The topological polar surface area (TPSA) is 62.5 Å². The van der Waals surface area contributed by atoms with Gasteiger partial charge in [-0.25, -0.2) is 4.79 Å². The van der Waals surface area contributed by atoms with Gasteiger partial charge in [-0.05, 0) is 38.2 Å². The average Bonchev–Trinajstić information content (AvgIpc) is 2.77. The third kappa shape index (κ3) is 2.72. The minimum atomic E-state index is -1.02. The molecule has 0 aromatic carbocycles. The van der Waals surface area contributed by atoms with Crippen molar-refractivity contribution in [3.05, 3.63) is 23.7 Å². The van der Waals surface area contributed by atoms with Crippen molar-refractivity contribution < 1.29 is 14.3 Å². The van der Waals surface area contributed by atoms with Crippen molar-refractivity contribution >= 4 is 17.7 Å². The number of hydrogen-bond donors (Lipinski definition) is 2. The number of rotatable bonds is 6. The summed E-state index contributed by atoms with van der Waals surface area (Å²) in [6.07, 6.45) is 5.97. The van der Waals surface area contributed by atoms with Crippen LogP contribution in [0.5, 0.6) is 0 Å². The zero-order valence-corrected chi connectivity index (χ0v) is 11.5. The molecular weight excluding hydrogens is 250 g/mol. The summed E-state index contributed by atoms with van der Waals surface area (Å²) in [6, 6.07) is 3.28. The molecule has 2 rings (SSSR count). The fraction of sp³-hybridized carbons (Fsp3) is 0.615. The first kappa shape index (κ1) is 13.5. The van der Waals surface area contributed by atoms with Crippen LogP contribution in [0.1, 0.15) is 48.5 Å². The van der Waals surface area contributed by atoms with Crippen molar-refractivity contribution in [1.82, 2.24) is 5.32 Å². The van der Waals surface area contributed by atoms with E-state index in [-0.39, 0.29) is 11.8 Å². The zero-order chi connectivity index (χ0) is 13.2. The molecule has 1 saturated carbocycles. The van der Waals surface area contributed by atoms with Crippen LogP contribution in [0.15, 0.2) is 16.5 Å². The monoisotopic (exact) mass is 269 g/mol. The first-order valence-electron chi connectivity index (χ1n) is 6.18. The van der Waals surface area contributed by atoms with Gasteiger partial charge in [0.15, 0.2) is 0 Å². The van der Waals surface area contributed by atoms with Crippen molar-refractivity contribution in [1.29, 1.82) is 0 Å². The molecule has 0 saturated heterocycles. The number of carbonyl (C=O) groups is 1. The molecule has 0 aliphatic heterocycles. The molecule has 4 nitrogen and oxygen atoms in total. The normalized spacial score (nSPS) is 19.2. The van der Waals surface area contributed by atoms with Crippen molar-refractivity contribution in [3.63, 3.8) is 0 Å². The van der Waals surface area contributed by atoms with Gasteiger partial charge >= 0.3 is 5.97 Å². The quantitative estimate of drug-likeness (QED) is 0.831. The third-order valence-corrected chi connectivity index (χ3v) is 5.11. The van der Waals surface area contributed by atoms with E-state index in [0.29, 0.717) is 10.5 Å². The number of nitrogens with one attached hydrogen (secondary N) is 1. The summed E-state index contributed by atoms with van der Waals surface area (Å²) in [4.78, 5) is 10.7. The largest absolute Gasteiger partial charge is 0.475 e. The molecule has 1 aromatic heterocycles. The summed E-state index contributed by atoms with van der Waals surface area (Å²) in [5.74, 6) is -0.335. The van der Waals surface area contributed by atoms with Crippen molar-refractivity contribution in [2.24, 2.45) is 0 Å². The van der Waals surface area contributed by atoms with E-state index in [2.05, 4.69) is 11.6 Å². The second kappa shape index (κ2) is 5.36. The van der Waals surface area contributed by atoms with Crippen LogP contribution in [0.25, 0.3) is 0 Å². The van der Waals surface area contributed by atoms with Gasteiger partial charge in [0.05, 0.1) is 6.04 Å². The van der Waals surface area contributed by atoms with E-state index in [0.717, 1.165) is 6.54 Å². The van der Waals surface area contributed by atoms with Gasteiger partial charge in [0.1, 0.15) is 5.76 Å². The van der Waals surface area contributed by atoms with Gasteiger partial charge < -0.3 is 14.8 Å². The molecule has 1 unspecified atom stereocenters. The number of furan rings is 1. The van der Waals surface area contributed by atoms with Gasteiger partial charge in [-0.1, -0.05) is 6.42 Å². The van der Waals surface area contributed by atoms with Gasteiger partial charge in [-0.15, -0.1) is 0 Å². The van der Waals surface area contributed by atoms with E-state index in [1.807, 2.05) is 18.7 Å². The molecule has 1 aliphatic rings. The smallest absolute Gasteiger partial charge is 0.371 e. The van der Waals surface area contributed by atoms with E-state index >= 15 is 0 Å². The number of hydrogen-bond acceptors (Lipinski definition) is 4. The molecule has 1 aromatic rings. The minimum absolute atomic E-state index is 0.00174. The maximum atomic E-state index is 10.7. The predicted molar refractivity (Wildman–Crippen MR) is 72.2 cm³/mol. The zero-order valence-electron chi connectivity index (χ0n) is 10.7. The third-order valence-electron chi connectivity index (χ3n) is 3.69. The van der Waals surface area contributed by atoms with Gasteiger partial charge in [0.2, 0.25) is 5.76 Å². The van der Waals surface area contributed by atoms with Crippen LogP contribution >= 0.6 is 11.8 Å². The van der Waals surface area contributed by atoms with Crippen LogP contribution in [0.3, 0.4) is 0 Å². The summed E-state index contributed by atoms with van der Waals surface area (Å²) in [6.45, 7) is 2.94. The number of carboxylic acids is 1. The molecule has 0 amide bonds. The van der Waals surface area contributed by atoms with Gasteiger partial charge in [-0.2, -0.15) is 11.8 Å². The Kier molecular flexibility index (Phi) is 4.02. The van der Waals surface area contributed by atoms with Gasteiger partial charge in [0.25, 0.3) is 0 Å². The van der Waals surface area contributed by atoms with Crippen LogP contribution in [0.2, 0.25) is 0 Å². The number of aromatic carboxylic acids is 1. The van der Waals surface area contributed by atoms with Gasteiger partial charge in [0, 0.05) is 11.3 Å². The Bertz CT molecular complexity index is 420. The van der Waals surface area contributed by atoms with Crippen LogP contribution in [-0.2, 0) is 0 Å². The lowest BCUT2D eigenvalue weighted by atomic mass is 9.84. The highest BCUT2D eigenvalue weighted by Crippen LogP contribution is 2.42.